The fourth-order valence-corrected chi connectivity index (χ4v) is 1.31. The second-order valence-electron chi connectivity index (χ2n) is 3.27. The number of rotatable bonds is 2. The van der Waals surface area contributed by atoms with E-state index in [1.54, 1.807) is 12.3 Å². The van der Waals surface area contributed by atoms with Gasteiger partial charge in [0.2, 0.25) is 0 Å². The lowest BCUT2D eigenvalue weighted by atomic mass is 10.3. The summed E-state index contributed by atoms with van der Waals surface area (Å²) in [6.07, 6.45) is 1.60. The molecule has 1 aliphatic rings. The van der Waals surface area contributed by atoms with Crippen LogP contribution in [0, 0.1) is 0 Å². The summed E-state index contributed by atoms with van der Waals surface area (Å²) in [6.45, 7) is 2.26. The van der Waals surface area contributed by atoms with Crippen LogP contribution >= 0.6 is 12.4 Å². The van der Waals surface area contributed by atoms with Crippen molar-refractivity contribution in [2.45, 2.75) is 0 Å². The fourth-order valence-electron chi connectivity index (χ4n) is 1.31. The number of benzene rings is 1. The van der Waals surface area contributed by atoms with Crippen molar-refractivity contribution in [3.05, 3.63) is 36.3 Å². The molecule has 0 amide bonds. The van der Waals surface area contributed by atoms with Crippen molar-refractivity contribution >= 4 is 18.1 Å². The Hall–Kier alpha value is -1.39. The quantitative estimate of drug-likeness (QED) is 0.610. The first kappa shape index (κ1) is 12.7. The molecule has 0 atom stereocenters. The van der Waals surface area contributed by atoms with E-state index >= 15 is 0 Å². The second-order valence-corrected chi connectivity index (χ2v) is 3.27. The molecule has 3 N–H and O–H groups in total. The van der Waals surface area contributed by atoms with Gasteiger partial charge in [0, 0.05) is 6.54 Å². The SMILES string of the molecule is Cl.Nc1ccccc1OC=C1CNCCO1. The Bertz CT molecular complexity index is 361. The molecule has 0 radical (unpaired) electrons. The Labute approximate surface area is 101 Å². The highest BCUT2D eigenvalue weighted by Crippen LogP contribution is 2.20. The van der Waals surface area contributed by atoms with E-state index in [9.17, 15) is 0 Å². The summed E-state index contributed by atoms with van der Waals surface area (Å²) in [4.78, 5) is 0. The number of ether oxygens (including phenoxy) is 2. The molecule has 16 heavy (non-hydrogen) atoms. The van der Waals surface area contributed by atoms with Crippen LogP contribution in [0.2, 0.25) is 0 Å². The Morgan fingerprint density at radius 1 is 1.38 bits per heavy atom. The third-order valence-electron chi connectivity index (χ3n) is 2.10. The van der Waals surface area contributed by atoms with E-state index in [4.69, 9.17) is 15.2 Å². The molecule has 1 aromatic rings. The van der Waals surface area contributed by atoms with E-state index in [0.717, 1.165) is 12.3 Å². The van der Waals surface area contributed by atoms with Crippen LogP contribution in [0.5, 0.6) is 5.75 Å². The molecule has 1 heterocycles. The summed E-state index contributed by atoms with van der Waals surface area (Å²) in [5.74, 6) is 1.45. The fraction of sp³-hybridized carbons (Fsp3) is 0.273. The molecule has 1 aromatic carbocycles. The van der Waals surface area contributed by atoms with E-state index < -0.39 is 0 Å². The summed E-state index contributed by atoms with van der Waals surface area (Å²) in [7, 11) is 0. The van der Waals surface area contributed by atoms with Crippen molar-refractivity contribution in [1.29, 1.82) is 0 Å². The number of nitrogens with two attached hydrogens (primary N) is 1. The summed E-state index contributed by atoms with van der Waals surface area (Å²) in [5.41, 5.74) is 6.35. The number of nitrogen functional groups attached to an aromatic ring is 1. The number of para-hydroxylation sites is 2. The zero-order valence-corrected chi connectivity index (χ0v) is 9.63. The number of halogens is 1. The molecule has 0 unspecified atom stereocenters. The lowest BCUT2D eigenvalue weighted by Crippen LogP contribution is -2.29. The van der Waals surface area contributed by atoms with Gasteiger partial charge >= 0.3 is 0 Å². The van der Waals surface area contributed by atoms with Gasteiger partial charge in [-0.2, -0.15) is 0 Å². The Kier molecular flexibility index (Phi) is 4.95. The van der Waals surface area contributed by atoms with Crippen LogP contribution in [0.4, 0.5) is 5.69 Å². The molecule has 1 saturated heterocycles. The van der Waals surface area contributed by atoms with Crippen molar-refractivity contribution in [2.24, 2.45) is 0 Å². The van der Waals surface area contributed by atoms with Crippen molar-refractivity contribution in [3.8, 4) is 5.75 Å². The number of morpholine rings is 1. The van der Waals surface area contributed by atoms with Crippen LogP contribution in [-0.2, 0) is 4.74 Å². The number of hydrogen-bond donors (Lipinski definition) is 2. The van der Waals surface area contributed by atoms with Crippen LogP contribution in [0.3, 0.4) is 0 Å². The standard InChI is InChI=1S/C11H14N2O2.ClH/c12-10-3-1-2-4-11(10)15-8-9-7-13-5-6-14-9;/h1-4,8,13H,5-7,12H2;1H. The van der Waals surface area contributed by atoms with E-state index in [1.165, 1.54) is 0 Å². The third kappa shape index (κ3) is 3.32. The van der Waals surface area contributed by atoms with Crippen LogP contribution in [0.25, 0.3) is 0 Å². The van der Waals surface area contributed by atoms with Gasteiger partial charge in [0.15, 0.2) is 0 Å². The largest absolute Gasteiger partial charge is 0.492 e. The van der Waals surface area contributed by atoms with Gasteiger partial charge in [0.25, 0.3) is 0 Å². The Morgan fingerprint density at radius 3 is 2.88 bits per heavy atom. The average Bonchev–Trinajstić information content (AvgIpc) is 2.29. The van der Waals surface area contributed by atoms with Crippen molar-refractivity contribution in [1.82, 2.24) is 5.32 Å². The zero-order valence-electron chi connectivity index (χ0n) is 8.81. The summed E-state index contributed by atoms with van der Waals surface area (Å²) in [5, 5.41) is 3.18. The minimum absolute atomic E-state index is 0. The molecule has 4 nitrogen and oxygen atoms in total. The van der Waals surface area contributed by atoms with Crippen LogP contribution < -0.4 is 15.8 Å². The summed E-state index contributed by atoms with van der Waals surface area (Å²) < 4.78 is 10.8. The summed E-state index contributed by atoms with van der Waals surface area (Å²) in [6, 6.07) is 7.37. The van der Waals surface area contributed by atoms with E-state index in [0.29, 0.717) is 24.6 Å². The first-order chi connectivity index (χ1) is 7.36. The van der Waals surface area contributed by atoms with Gasteiger partial charge in [-0.25, -0.2) is 0 Å². The Balaban J connectivity index is 0.00000128. The molecular formula is C11H15ClN2O2. The smallest absolute Gasteiger partial charge is 0.149 e. The van der Waals surface area contributed by atoms with Gasteiger partial charge in [0.05, 0.1) is 12.2 Å². The van der Waals surface area contributed by atoms with Gasteiger partial charge in [0.1, 0.15) is 24.4 Å². The van der Waals surface area contributed by atoms with Gasteiger partial charge in [-0.3, -0.25) is 0 Å². The molecule has 1 fully saturated rings. The van der Waals surface area contributed by atoms with Crippen LogP contribution in [0.1, 0.15) is 0 Å². The topological polar surface area (TPSA) is 56.5 Å². The second kappa shape index (κ2) is 6.25. The number of hydrogen-bond acceptors (Lipinski definition) is 4. The van der Waals surface area contributed by atoms with Gasteiger partial charge < -0.3 is 20.5 Å². The normalized spacial score (nSPS) is 17.4. The highest BCUT2D eigenvalue weighted by molar-refractivity contribution is 5.85. The van der Waals surface area contributed by atoms with E-state index in [-0.39, 0.29) is 12.4 Å². The van der Waals surface area contributed by atoms with Crippen molar-refractivity contribution in [3.63, 3.8) is 0 Å². The van der Waals surface area contributed by atoms with E-state index in [1.807, 2.05) is 18.2 Å². The van der Waals surface area contributed by atoms with Gasteiger partial charge in [-0.1, -0.05) is 12.1 Å². The molecule has 0 spiro atoms. The lowest BCUT2D eigenvalue weighted by Gasteiger charge is -2.17. The van der Waals surface area contributed by atoms with Gasteiger partial charge in [-0.15, -0.1) is 12.4 Å². The molecule has 1 aliphatic heterocycles. The average molecular weight is 243 g/mol. The first-order valence-corrected chi connectivity index (χ1v) is 4.90. The predicted octanol–water partition coefficient (Wildman–Crippen LogP) is 1.53. The minimum Gasteiger partial charge on any atom is -0.492 e. The molecule has 88 valence electrons. The third-order valence-corrected chi connectivity index (χ3v) is 2.10. The predicted molar refractivity (Wildman–Crippen MR) is 65.6 cm³/mol. The van der Waals surface area contributed by atoms with Gasteiger partial charge in [-0.05, 0) is 12.1 Å². The zero-order chi connectivity index (χ0) is 10.5. The molecule has 2 rings (SSSR count). The Morgan fingerprint density at radius 2 is 2.19 bits per heavy atom. The minimum atomic E-state index is 0. The van der Waals surface area contributed by atoms with Crippen LogP contribution in [-0.4, -0.2) is 19.7 Å². The van der Waals surface area contributed by atoms with E-state index in [2.05, 4.69) is 5.32 Å². The summed E-state index contributed by atoms with van der Waals surface area (Å²) >= 11 is 0. The molecule has 0 saturated carbocycles. The maximum absolute atomic E-state index is 5.73. The number of anilines is 1. The first-order valence-electron chi connectivity index (χ1n) is 4.90. The maximum Gasteiger partial charge on any atom is 0.149 e. The number of nitrogens with one attached hydrogen (secondary N) is 1. The van der Waals surface area contributed by atoms with Crippen molar-refractivity contribution < 1.29 is 9.47 Å². The molecule has 0 aliphatic carbocycles. The van der Waals surface area contributed by atoms with Crippen molar-refractivity contribution in [2.75, 3.05) is 25.4 Å². The molecule has 0 aromatic heterocycles. The van der Waals surface area contributed by atoms with Crippen LogP contribution in [0.15, 0.2) is 36.3 Å². The molecular weight excluding hydrogens is 228 g/mol. The monoisotopic (exact) mass is 242 g/mol. The maximum atomic E-state index is 5.73. The lowest BCUT2D eigenvalue weighted by molar-refractivity contribution is 0.168. The highest BCUT2D eigenvalue weighted by atomic mass is 35.5. The highest BCUT2D eigenvalue weighted by Gasteiger charge is 2.05. The molecule has 0 bridgehead atoms. The molecule has 5 heteroatoms.